The zero-order valence-electron chi connectivity index (χ0n) is 10.7. The third kappa shape index (κ3) is 4.00. The van der Waals surface area contributed by atoms with Crippen molar-refractivity contribution in [1.29, 1.82) is 0 Å². The maximum absolute atomic E-state index is 12.0. The summed E-state index contributed by atoms with van der Waals surface area (Å²) >= 11 is 0. The van der Waals surface area contributed by atoms with Crippen molar-refractivity contribution in [3.05, 3.63) is 0 Å². The fourth-order valence-corrected chi connectivity index (χ4v) is 2.14. The molecule has 0 aliphatic carbocycles. The zero-order valence-corrected chi connectivity index (χ0v) is 10.7. The molecule has 0 bridgehead atoms. The highest BCUT2D eigenvalue weighted by Gasteiger charge is 2.28. The summed E-state index contributed by atoms with van der Waals surface area (Å²) in [6.07, 6.45) is 2.12. The van der Waals surface area contributed by atoms with Crippen LogP contribution in [0.25, 0.3) is 0 Å². The summed E-state index contributed by atoms with van der Waals surface area (Å²) < 4.78 is 0. The molecule has 5 nitrogen and oxygen atoms in total. The number of nitrogens with two attached hydrogens (primary N) is 2. The van der Waals surface area contributed by atoms with Gasteiger partial charge in [-0.25, -0.2) is 0 Å². The van der Waals surface area contributed by atoms with Crippen LogP contribution in [-0.4, -0.2) is 35.8 Å². The van der Waals surface area contributed by atoms with Crippen molar-refractivity contribution in [1.82, 2.24) is 4.90 Å². The van der Waals surface area contributed by atoms with Gasteiger partial charge in [-0.15, -0.1) is 0 Å². The summed E-state index contributed by atoms with van der Waals surface area (Å²) in [7, 11) is 0. The minimum Gasteiger partial charge on any atom is -0.370 e. The highest BCUT2D eigenvalue weighted by atomic mass is 16.2. The van der Waals surface area contributed by atoms with Gasteiger partial charge in [-0.3, -0.25) is 9.59 Å². The predicted molar refractivity (Wildman–Crippen MR) is 65.9 cm³/mol. The Morgan fingerprint density at radius 3 is 2.24 bits per heavy atom. The molecule has 17 heavy (non-hydrogen) atoms. The van der Waals surface area contributed by atoms with Crippen LogP contribution < -0.4 is 11.5 Å². The Bertz CT molecular complexity index is 283. The first-order valence-corrected chi connectivity index (χ1v) is 6.24. The van der Waals surface area contributed by atoms with Crippen molar-refractivity contribution in [3.63, 3.8) is 0 Å². The van der Waals surface area contributed by atoms with E-state index in [2.05, 4.69) is 0 Å². The van der Waals surface area contributed by atoms with Crippen LogP contribution in [0.4, 0.5) is 0 Å². The lowest BCUT2D eigenvalue weighted by Crippen LogP contribution is -2.49. The topological polar surface area (TPSA) is 89.4 Å². The predicted octanol–water partition coefficient (Wildman–Crippen LogP) is 0.0837. The Morgan fingerprint density at radius 2 is 1.82 bits per heavy atom. The summed E-state index contributed by atoms with van der Waals surface area (Å²) in [5.74, 6) is 0.254. The maximum Gasteiger partial charge on any atom is 0.239 e. The highest BCUT2D eigenvalue weighted by molar-refractivity contribution is 5.82. The van der Waals surface area contributed by atoms with Gasteiger partial charge in [-0.2, -0.15) is 0 Å². The Balaban J connectivity index is 2.41. The molecule has 0 radical (unpaired) electrons. The average molecular weight is 241 g/mol. The molecule has 0 spiro atoms. The quantitative estimate of drug-likeness (QED) is 0.730. The van der Waals surface area contributed by atoms with Gasteiger partial charge in [0, 0.05) is 19.5 Å². The van der Waals surface area contributed by atoms with E-state index in [9.17, 15) is 9.59 Å². The molecule has 5 heteroatoms. The van der Waals surface area contributed by atoms with E-state index >= 15 is 0 Å². The van der Waals surface area contributed by atoms with Gasteiger partial charge in [0.1, 0.15) is 0 Å². The first kappa shape index (κ1) is 14.0. The van der Waals surface area contributed by atoms with E-state index in [0.29, 0.717) is 25.4 Å². The van der Waals surface area contributed by atoms with E-state index in [1.165, 1.54) is 0 Å². The number of primary amides is 1. The molecule has 0 aromatic carbocycles. The van der Waals surface area contributed by atoms with E-state index in [1.54, 1.807) is 0 Å². The standard InChI is InChI=1S/C12H23N3O2/c1-8(2)11(14)12(17)15-5-3-9(4-6-15)7-10(13)16/h8-9,11H,3-7,14H2,1-2H3,(H2,13,16)/t11-/m1/s1. The number of likely N-dealkylation sites (tertiary alicyclic amines) is 1. The van der Waals surface area contributed by atoms with Crippen LogP contribution in [0, 0.1) is 11.8 Å². The number of nitrogens with zero attached hydrogens (tertiary/aromatic N) is 1. The number of hydrogen-bond donors (Lipinski definition) is 2. The van der Waals surface area contributed by atoms with Gasteiger partial charge in [-0.1, -0.05) is 13.8 Å². The second-order valence-electron chi connectivity index (χ2n) is 5.21. The second kappa shape index (κ2) is 6.00. The van der Waals surface area contributed by atoms with Crippen molar-refractivity contribution in [2.45, 2.75) is 39.2 Å². The van der Waals surface area contributed by atoms with E-state index in [4.69, 9.17) is 11.5 Å². The molecule has 1 heterocycles. The second-order valence-corrected chi connectivity index (χ2v) is 5.21. The Morgan fingerprint density at radius 1 is 1.29 bits per heavy atom. The number of piperidine rings is 1. The van der Waals surface area contributed by atoms with Crippen LogP contribution in [0.2, 0.25) is 0 Å². The summed E-state index contributed by atoms with van der Waals surface area (Å²) in [6.45, 7) is 5.28. The van der Waals surface area contributed by atoms with Crippen LogP contribution >= 0.6 is 0 Å². The lowest BCUT2D eigenvalue weighted by molar-refractivity contribution is -0.135. The van der Waals surface area contributed by atoms with E-state index < -0.39 is 6.04 Å². The fraction of sp³-hybridized carbons (Fsp3) is 0.833. The van der Waals surface area contributed by atoms with Gasteiger partial charge in [0.2, 0.25) is 11.8 Å². The van der Waals surface area contributed by atoms with Crippen LogP contribution in [0.5, 0.6) is 0 Å². The molecule has 0 unspecified atom stereocenters. The third-order valence-electron chi connectivity index (χ3n) is 3.42. The average Bonchev–Trinajstić information content (AvgIpc) is 2.27. The van der Waals surface area contributed by atoms with Crippen LogP contribution in [0.15, 0.2) is 0 Å². The molecule has 1 aliphatic heterocycles. The highest BCUT2D eigenvalue weighted by Crippen LogP contribution is 2.21. The van der Waals surface area contributed by atoms with Gasteiger partial charge < -0.3 is 16.4 Å². The Hall–Kier alpha value is -1.10. The SMILES string of the molecule is CC(C)[C@@H](N)C(=O)N1CCC(CC(N)=O)CC1. The van der Waals surface area contributed by atoms with Gasteiger partial charge >= 0.3 is 0 Å². The molecule has 1 atom stereocenters. The molecule has 2 amide bonds. The molecule has 0 aromatic heterocycles. The number of carbonyl (C=O) groups is 2. The molecular formula is C12H23N3O2. The molecule has 4 N–H and O–H groups in total. The summed E-state index contributed by atoms with van der Waals surface area (Å²) in [4.78, 5) is 24.6. The lowest BCUT2D eigenvalue weighted by atomic mass is 9.92. The number of hydrogen-bond acceptors (Lipinski definition) is 3. The van der Waals surface area contributed by atoms with Crippen LogP contribution in [0.3, 0.4) is 0 Å². The first-order chi connectivity index (χ1) is 7.91. The molecule has 0 aromatic rings. The normalized spacial score (nSPS) is 19.4. The lowest BCUT2D eigenvalue weighted by Gasteiger charge is -2.33. The van der Waals surface area contributed by atoms with Gasteiger partial charge in [0.15, 0.2) is 0 Å². The van der Waals surface area contributed by atoms with Crippen molar-refractivity contribution < 1.29 is 9.59 Å². The van der Waals surface area contributed by atoms with Crippen molar-refractivity contribution in [2.24, 2.45) is 23.3 Å². The molecule has 1 rings (SSSR count). The number of carbonyl (C=O) groups excluding carboxylic acids is 2. The first-order valence-electron chi connectivity index (χ1n) is 6.24. The number of amides is 2. The molecule has 1 aliphatic rings. The Kier molecular flexibility index (Phi) is 4.93. The molecule has 1 saturated heterocycles. The molecule has 0 saturated carbocycles. The fourth-order valence-electron chi connectivity index (χ4n) is 2.14. The van der Waals surface area contributed by atoms with E-state index in [0.717, 1.165) is 12.8 Å². The minimum absolute atomic E-state index is 0.0255. The largest absolute Gasteiger partial charge is 0.370 e. The van der Waals surface area contributed by atoms with Crippen molar-refractivity contribution in [2.75, 3.05) is 13.1 Å². The monoisotopic (exact) mass is 241 g/mol. The summed E-state index contributed by atoms with van der Waals surface area (Å²) in [6, 6.07) is -0.414. The van der Waals surface area contributed by atoms with Crippen LogP contribution in [-0.2, 0) is 9.59 Å². The third-order valence-corrected chi connectivity index (χ3v) is 3.42. The van der Waals surface area contributed by atoms with Gasteiger partial charge in [0.25, 0.3) is 0 Å². The summed E-state index contributed by atoms with van der Waals surface area (Å²) in [5, 5.41) is 0. The van der Waals surface area contributed by atoms with Gasteiger partial charge in [-0.05, 0) is 24.7 Å². The van der Waals surface area contributed by atoms with Crippen molar-refractivity contribution in [3.8, 4) is 0 Å². The Labute approximate surface area is 103 Å². The van der Waals surface area contributed by atoms with E-state index in [-0.39, 0.29) is 17.7 Å². The van der Waals surface area contributed by atoms with E-state index in [1.807, 2.05) is 18.7 Å². The zero-order chi connectivity index (χ0) is 13.0. The van der Waals surface area contributed by atoms with Crippen LogP contribution in [0.1, 0.15) is 33.1 Å². The van der Waals surface area contributed by atoms with Crippen molar-refractivity contribution >= 4 is 11.8 Å². The van der Waals surface area contributed by atoms with Gasteiger partial charge in [0.05, 0.1) is 6.04 Å². The molecule has 1 fully saturated rings. The number of rotatable bonds is 4. The molecule has 98 valence electrons. The maximum atomic E-state index is 12.0. The molecular weight excluding hydrogens is 218 g/mol. The smallest absolute Gasteiger partial charge is 0.239 e. The minimum atomic E-state index is -0.414. The summed E-state index contributed by atoms with van der Waals surface area (Å²) in [5.41, 5.74) is 11.0.